The Bertz CT molecular complexity index is 529. The summed E-state index contributed by atoms with van der Waals surface area (Å²) in [5.74, 6) is 0.623. The van der Waals surface area contributed by atoms with Gasteiger partial charge in [0.25, 0.3) is 0 Å². The van der Waals surface area contributed by atoms with Crippen LogP contribution in [0.25, 0.3) is 0 Å². The van der Waals surface area contributed by atoms with Crippen LogP contribution in [-0.4, -0.2) is 31.1 Å². The van der Waals surface area contributed by atoms with E-state index >= 15 is 0 Å². The Kier molecular flexibility index (Phi) is 22.4. The average Bonchev–Trinajstić information content (AvgIpc) is 2.89. The zero-order valence-electron chi connectivity index (χ0n) is 26.2. The molecule has 1 unspecified atom stereocenters. The van der Waals surface area contributed by atoms with Gasteiger partial charge in [0.05, 0.1) is 0 Å². The molecule has 220 valence electrons. The first-order chi connectivity index (χ1) is 17.8. The van der Waals surface area contributed by atoms with Crippen molar-refractivity contribution >= 4 is 31.1 Å². The van der Waals surface area contributed by atoms with Crippen LogP contribution in [0.4, 0.5) is 0 Å². The van der Waals surface area contributed by atoms with Crippen molar-refractivity contribution in [3.8, 4) is 0 Å². The summed E-state index contributed by atoms with van der Waals surface area (Å²) < 4.78 is 15.1. The SMILES string of the molecule is CCCC[C@@H](CC)[CH2][Sn]([CH2][C@@H](CC)CCCC)([O]C(=O)[C@H](CC)CCCC)[O]C(=O)[C@@H](CC)CCCC. The fraction of sp³-hybridized carbons (Fsp3) is 0.938. The van der Waals surface area contributed by atoms with Crippen molar-refractivity contribution in [2.24, 2.45) is 23.7 Å². The Balaban J connectivity index is 6.37. The van der Waals surface area contributed by atoms with Crippen LogP contribution in [0.1, 0.15) is 158 Å². The maximum absolute atomic E-state index is 13.7. The average molecular weight is 632 g/mol. The molecule has 37 heavy (non-hydrogen) atoms. The molecular formula is C32H64O4Sn. The molecule has 0 bridgehead atoms. The fourth-order valence-electron chi connectivity index (χ4n) is 5.45. The van der Waals surface area contributed by atoms with Gasteiger partial charge in [0, 0.05) is 0 Å². The normalized spacial score (nSPS) is 16.4. The number of hydrogen-bond acceptors (Lipinski definition) is 4. The van der Waals surface area contributed by atoms with Crippen molar-refractivity contribution in [3.63, 3.8) is 0 Å². The molecule has 0 fully saturated rings. The number of carbonyl (C=O) groups excluding carboxylic acids is 2. The Hall–Kier alpha value is -0.261. The van der Waals surface area contributed by atoms with Crippen LogP contribution in [-0.2, 0) is 15.7 Å². The summed E-state index contributed by atoms with van der Waals surface area (Å²) in [6.45, 7) is 17.5. The fourth-order valence-corrected chi connectivity index (χ4v) is 17.9. The molecule has 4 nitrogen and oxygen atoms in total. The van der Waals surface area contributed by atoms with Gasteiger partial charge in [-0.05, 0) is 0 Å². The van der Waals surface area contributed by atoms with Crippen molar-refractivity contribution < 1.29 is 15.7 Å². The van der Waals surface area contributed by atoms with Crippen molar-refractivity contribution in [3.05, 3.63) is 0 Å². The predicted octanol–water partition coefficient (Wildman–Crippen LogP) is 10.4. The van der Waals surface area contributed by atoms with E-state index in [4.69, 9.17) is 6.15 Å². The molecule has 0 aromatic rings. The van der Waals surface area contributed by atoms with Crippen LogP contribution in [0, 0.1) is 23.7 Å². The van der Waals surface area contributed by atoms with E-state index in [1.54, 1.807) is 0 Å². The second-order valence-corrected chi connectivity index (χ2v) is 20.2. The molecule has 0 aliphatic heterocycles. The van der Waals surface area contributed by atoms with Gasteiger partial charge in [-0.2, -0.15) is 0 Å². The van der Waals surface area contributed by atoms with Gasteiger partial charge in [-0.25, -0.2) is 0 Å². The van der Waals surface area contributed by atoms with E-state index in [9.17, 15) is 9.59 Å². The van der Waals surface area contributed by atoms with Gasteiger partial charge in [0.1, 0.15) is 0 Å². The number of carbonyl (C=O) groups is 2. The van der Waals surface area contributed by atoms with Crippen molar-refractivity contribution in [2.75, 3.05) is 0 Å². The Morgan fingerprint density at radius 3 is 1.11 bits per heavy atom. The molecule has 0 aromatic carbocycles. The van der Waals surface area contributed by atoms with Gasteiger partial charge in [-0.15, -0.1) is 0 Å². The summed E-state index contributed by atoms with van der Waals surface area (Å²) in [6, 6.07) is 0. The van der Waals surface area contributed by atoms with Gasteiger partial charge in [-0.1, -0.05) is 0 Å². The third-order valence-electron chi connectivity index (χ3n) is 8.32. The molecular weight excluding hydrogens is 567 g/mol. The number of hydrogen-bond donors (Lipinski definition) is 0. The minimum atomic E-state index is -4.13. The zero-order valence-corrected chi connectivity index (χ0v) is 29.0. The summed E-state index contributed by atoms with van der Waals surface area (Å²) >= 11 is -4.13. The predicted molar refractivity (Wildman–Crippen MR) is 161 cm³/mol. The Morgan fingerprint density at radius 1 is 0.514 bits per heavy atom. The molecule has 5 atom stereocenters. The molecule has 0 radical (unpaired) electrons. The van der Waals surface area contributed by atoms with Crippen molar-refractivity contribution in [1.82, 2.24) is 0 Å². The summed E-state index contributed by atoms with van der Waals surface area (Å²) in [7, 11) is 0. The van der Waals surface area contributed by atoms with E-state index in [2.05, 4.69) is 55.4 Å². The summed E-state index contributed by atoms with van der Waals surface area (Å²) in [5, 5.41) is 0. The summed E-state index contributed by atoms with van der Waals surface area (Å²) in [5.41, 5.74) is 0. The number of unbranched alkanes of at least 4 members (excludes halogenated alkanes) is 4. The third-order valence-corrected chi connectivity index (χ3v) is 18.4. The van der Waals surface area contributed by atoms with Crippen LogP contribution in [0.3, 0.4) is 0 Å². The van der Waals surface area contributed by atoms with Crippen molar-refractivity contribution in [2.45, 2.75) is 167 Å². The number of rotatable bonds is 24. The van der Waals surface area contributed by atoms with Crippen LogP contribution in [0.15, 0.2) is 0 Å². The Morgan fingerprint density at radius 2 is 0.838 bits per heavy atom. The van der Waals surface area contributed by atoms with Crippen molar-refractivity contribution in [1.29, 1.82) is 0 Å². The second-order valence-electron chi connectivity index (χ2n) is 11.5. The van der Waals surface area contributed by atoms with Gasteiger partial charge >= 0.3 is 238 Å². The third kappa shape index (κ3) is 15.2. The van der Waals surface area contributed by atoms with Crippen LogP contribution in [0.2, 0.25) is 8.87 Å². The van der Waals surface area contributed by atoms with E-state index in [1.165, 1.54) is 12.8 Å². The molecule has 5 heteroatoms. The van der Waals surface area contributed by atoms with E-state index in [0.717, 1.165) is 98.8 Å². The van der Waals surface area contributed by atoms with Gasteiger partial charge in [0.2, 0.25) is 0 Å². The molecule has 0 amide bonds. The molecule has 0 rings (SSSR count). The summed E-state index contributed by atoms with van der Waals surface area (Å²) in [4.78, 5) is 27.4. The van der Waals surface area contributed by atoms with E-state index in [-0.39, 0.29) is 23.8 Å². The van der Waals surface area contributed by atoms with E-state index in [1.807, 2.05) is 0 Å². The standard InChI is InChI=1S/2C8H16O2.2C8H17.Sn/c2*1-3-5-6-7(4-2)8(9)10;2*1-4-6-7-8(3)5-2;/h2*7H,3-6H2,1-2H3,(H,9,10);2*8H,3-7H2,1-2H3;/q;;;;+2/p-2/t2*7-;2*8-;/m1010./s1. The molecule has 0 saturated carbocycles. The molecule has 0 aromatic heterocycles. The van der Waals surface area contributed by atoms with Crippen LogP contribution < -0.4 is 0 Å². The Labute approximate surface area is 236 Å². The first-order valence-electron chi connectivity index (χ1n) is 16.2. The summed E-state index contributed by atoms with van der Waals surface area (Å²) in [6.07, 6.45) is 16.6. The maximum atomic E-state index is 13.7. The van der Waals surface area contributed by atoms with Gasteiger partial charge < -0.3 is 0 Å². The molecule has 0 heterocycles. The first kappa shape index (κ1) is 36.7. The first-order valence-corrected chi connectivity index (χ1v) is 22.6. The monoisotopic (exact) mass is 632 g/mol. The van der Waals surface area contributed by atoms with E-state index in [0.29, 0.717) is 11.8 Å². The molecule has 0 saturated heterocycles. The van der Waals surface area contributed by atoms with Gasteiger partial charge in [0.15, 0.2) is 0 Å². The molecule has 0 N–H and O–H groups in total. The second kappa shape index (κ2) is 22.5. The van der Waals surface area contributed by atoms with E-state index < -0.39 is 19.2 Å². The molecule has 0 aliphatic rings. The van der Waals surface area contributed by atoms with Crippen LogP contribution >= 0.6 is 0 Å². The minimum absolute atomic E-state index is 0.0724. The molecule has 0 spiro atoms. The molecule has 0 aliphatic carbocycles. The van der Waals surface area contributed by atoms with Crippen LogP contribution in [0.5, 0.6) is 0 Å². The quantitative estimate of drug-likeness (QED) is 0.0995. The zero-order chi connectivity index (χ0) is 28.1. The topological polar surface area (TPSA) is 52.6 Å². The van der Waals surface area contributed by atoms with Gasteiger partial charge in [-0.3, -0.25) is 0 Å².